The Bertz CT molecular complexity index is 1080. The minimum atomic E-state index is -0.851. The summed E-state index contributed by atoms with van der Waals surface area (Å²) >= 11 is 0. The van der Waals surface area contributed by atoms with Gasteiger partial charge in [0.25, 0.3) is 5.91 Å². The number of allylic oxidation sites excluding steroid dienone is 2. The number of esters is 1. The number of aliphatic hydroxyl groups is 1. The van der Waals surface area contributed by atoms with Gasteiger partial charge in [-0.15, -0.1) is 0 Å². The van der Waals surface area contributed by atoms with Gasteiger partial charge in [-0.1, -0.05) is 30.7 Å². The summed E-state index contributed by atoms with van der Waals surface area (Å²) in [5.41, 5.74) is 10.8. The molecular formula is C29H44N4O8. The lowest BCUT2D eigenvalue weighted by Gasteiger charge is -2.39. The van der Waals surface area contributed by atoms with Gasteiger partial charge in [0, 0.05) is 19.4 Å². The van der Waals surface area contributed by atoms with E-state index < -0.39 is 41.9 Å². The average molecular weight is 577 g/mol. The van der Waals surface area contributed by atoms with E-state index >= 15 is 0 Å². The van der Waals surface area contributed by atoms with E-state index in [4.69, 9.17) is 30.4 Å². The van der Waals surface area contributed by atoms with E-state index in [1.165, 1.54) is 13.0 Å². The second kappa shape index (κ2) is 14.2. The van der Waals surface area contributed by atoms with E-state index in [1.807, 2.05) is 19.9 Å². The number of hydrogen-bond donors (Lipinski definition) is 4. The maximum absolute atomic E-state index is 12.4. The number of guanidine groups is 1. The molecule has 3 rings (SSSR count). The SMILES string of the molecule is CC(=O)OC(C)C=CC(=O)N[C@@H]1C[C@H](C)[C@H](C/C=C(C)/C=C/[C@H]2O[C@H](CC(=O)N=C(N)N)C[C@@]3(CO3)[C@@H]2O)O[C@@H]1C. The lowest BCUT2D eigenvalue weighted by atomic mass is 9.87. The summed E-state index contributed by atoms with van der Waals surface area (Å²) in [4.78, 5) is 39.0. The number of nitrogens with two attached hydrogens (primary N) is 2. The number of aliphatic hydroxyl groups excluding tert-OH is 1. The number of nitrogens with zero attached hydrogens (tertiary/aromatic N) is 1. The third-order valence-corrected chi connectivity index (χ3v) is 7.58. The fourth-order valence-electron chi connectivity index (χ4n) is 5.27. The molecule has 1 spiro atoms. The van der Waals surface area contributed by atoms with Crippen molar-refractivity contribution in [1.82, 2.24) is 5.32 Å². The molecule has 12 heteroatoms. The van der Waals surface area contributed by atoms with Crippen LogP contribution in [0.2, 0.25) is 0 Å². The van der Waals surface area contributed by atoms with Gasteiger partial charge in [-0.2, -0.15) is 4.99 Å². The number of amides is 2. The minimum absolute atomic E-state index is 0.00484. The highest BCUT2D eigenvalue weighted by Crippen LogP contribution is 2.43. The fraction of sp³-hybridized carbons (Fsp3) is 0.655. The van der Waals surface area contributed by atoms with Crippen LogP contribution in [0.25, 0.3) is 0 Å². The van der Waals surface area contributed by atoms with Crippen molar-refractivity contribution in [3.8, 4) is 0 Å². The zero-order chi connectivity index (χ0) is 30.3. The third-order valence-electron chi connectivity index (χ3n) is 7.58. The predicted octanol–water partition coefficient (Wildman–Crippen LogP) is 1.16. The second-order valence-electron chi connectivity index (χ2n) is 11.3. The molecule has 0 saturated carbocycles. The standard InChI is InChI=1S/C29H44N4O8/c1-16(7-10-24-27(37)29(15-38-29)14-21(41-24)13-26(36)33-28(30)31)6-9-23-17(2)12-22(19(4)40-23)32-25(35)11-8-18(3)39-20(5)34/h6-8,10-11,17-19,21-24,27,37H,9,12-15H2,1-5H3,(H,32,35)(H4,30,31,33,36)/b10-7+,11-8?,16-6+/t17-,18?,19+,21+,22+,23-,24+,27+,29+/m0/s1. The molecule has 9 atom stereocenters. The van der Waals surface area contributed by atoms with Gasteiger partial charge in [0.1, 0.15) is 23.9 Å². The molecule has 3 saturated heterocycles. The molecule has 0 aromatic heterocycles. The third kappa shape index (κ3) is 9.77. The lowest BCUT2D eigenvalue weighted by Crippen LogP contribution is -2.50. The Morgan fingerprint density at radius 2 is 1.90 bits per heavy atom. The van der Waals surface area contributed by atoms with Gasteiger partial charge < -0.3 is 40.8 Å². The van der Waals surface area contributed by atoms with E-state index in [0.29, 0.717) is 19.4 Å². The average Bonchev–Trinajstić information content (AvgIpc) is 3.64. The molecule has 3 aliphatic heterocycles. The summed E-state index contributed by atoms with van der Waals surface area (Å²) < 4.78 is 22.8. The van der Waals surface area contributed by atoms with Crippen LogP contribution >= 0.6 is 0 Å². The molecule has 3 heterocycles. The zero-order valence-electron chi connectivity index (χ0n) is 24.4. The fourth-order valence-corrected chi connectivity index (χ4v) is 5.27. The molecule has 41 heavy (non-hydrogen) atoms. The summed E-state index contributed by atoms with van der Waals surface area (Å²) in [6.45, 7) is 9.41. The first-order chi connectivity index (χ1) is 19.3. The van der Waals surface area contributed by atoms with E-state index in [-0.39, 0.29) is 42.5 Å². The lowest BCUT2D eigenvalue weighted by molar-refractivity contribution is -0.144. The summed E-state index contributed by atoms with van der Waals surface area (Å²) in [5, 5.41) is 13.8. The molecule has 228 valence electrons. The van der Waals surface area contributed by atoms with Crippen LogP contribution < -0.4 is 16.8 Å². The highest BCUT2D eigenvalue weighted by atomic mass is 16.6. The van der Waals surface area contributed by atoms with Crippen LogP contribution in [0.3, 0.4) is 0 Å². The number of carbonyl (C=O) groups excluding carboxylic acids is 3. The van der Waals surface area contributed by atoms with Crippen LogP contribution in [0.5, 0.6) is 0 Å². The van der Waals surface area contributed by atoms with E-state index in [1.54, 1.807) is 19.1 Å². The highest BCUT2D eigenvalue weighted by molar-refractivity contribution is 5.91. The molecule has 0 radical (unpaired) electrons. The molecule has 3 fully saturated rings. The topological polar surface area (TPSA) is 188 Å². The van der Waals surface area contributed by atoms with Crippen molar-refractivity contribution < 1.29 is 38.4 Å². The van der Waals surface area contributed by atoms with Gasteiger partial charge in [0.05, 0.1) is 37.4 Å². The minimum Gasteiger partial charge on any atom is -0.459 e. The van der Waals surface area contributed by atoms with E-state index in [0.717, 1.165) is 12.0 Å². The van der Waals surface area contributed by atoms with Gasteiger partial charge in [0.2, 0.25) is 5.91 Å². The van der Waals surface area contributed by atoms with Crippen molar-refractivity contribution >= 4 is 23.7 Å². The van der Waals surface area contributed by atoms with E-state index in [2.05, 4.69) is 23.3 Å². The zero-order valence-corrected chi connectivity index (χ0v) is 24.4. The first-order valence-electron chi connectivity index (χ1n) is 14.0. The maximum atomic E-state index is 12.4. The molecule has 2 amide bonds. The first kappa shape index (κ1) is 32.5. The summed E-state index contributed by atoms with van der Waals surface area (Å²) in [6.07, 6.45) is 7.82. The number of hydrogen-bond acceptors (Lipinski definition) is 8. The number of rotatable bonds is 10. The van der Waals surface area contributed by atoms with Gasteiger partial charge in [-0.05, 0) is 45.6 Å². The molecule has 3 aliphatic rings. The number of aliphatic imine (C=N–C) groups is 1. The predicted molar refractivity (Wildman–Crippen MR) is 151 cm³/mol. The van der Waals surface area contributed by atoms with Crippen molar-refractivity contribution in [2.45, 2.75) is 109 Å². The normalized spacial score (nSPS) is 34.4. The van der Waals surface area contributed by atoms with Crippen molar-refractivity contribution in [1.29, 1.82) is 0 Å². The van der Waals surface area contributed by atoms with Crippen LogP contribution in [0, 0.1) is 5.92 Å². The first-order valence-corrected chi connectivity index (χ1v) is 14.0. The second-order valence-corrected chi connectivity index (χ2v) is 11.3. The van der Waals surface area contributed by atoms with Crippen LogP contribution in [-0.4, -0.2) is 83.7 Å². The molecule has 6 N–H and O–H groups in total. The molecule has 12 nitrogen and oxygen atoms in total. The van der Waals surface area contributed by atoms with E-state index in [9.17, 15) is 19.5 Å². The Morgan fingerprint density at radius 3 is 2.54 bits per heavy atom. The molecule has 0 aromatic carbocycles. The van der Waals surface area contributed by atoms with Gasteiger partial charge >= 0.3 is 5.97 Å². The van der Waals surface area contributed by atoms with Crippen molar-refractivity contribution in [2.24, 2.45) is 22.4 Å². The van der Waals surface area contributed by atoms with Crippen molar-refractivity contribution in [3.63, 3.8) is 0 Å². The van der Waals surface area contributed by atoms with Gasteiger partial charge in [0.15, 0.2) is 5.96 Å². The highest BCUT2D eigenvalue weighted by Gasteiger charge is 2.58. The number of ether oxygens (including phenoxy) is 4. The Labute approximate surface area is 241 Å². The van der Waals surface area contributed by atoms with Crippen LogP contribution in [0.1, 0.15) is 60.3 Å². The van der Waals surface area contributed by atoms with Gasteiger partial charge in [-0.25, -0.2) is 0 Å². The Hall–Kier alpha value is -3.06. The molecule has 1 unspecified atom stereocenters. The Kier molecular flexibility index (Phi) is 11.3. The number of nitrogens with one attached hydrogen (secondary N) is 1. The largest absolute Gasteiger partial charge is 0.459 e. The van der Waals surface area contributed by atoms with Crippen molar-refractivity contribution in [2.75, 3.05) is 6.61 Å². The summed E-state index contributed by atoms with van der Waals surface area (Å²) in [6, 6.07) is -0.138. The summed E-state index contributed by atoms with van der Waals surface area (Å²) in [5.74, 6) is -1.24. The Balaban J connectivity index is 1.51. The van der Waals surface area contributed by atoms with Crippen LogP contribution in [0.4, 0.5) is 0 Å². The van der Waals surface area contributed by atoms with Gasteiger partial charge in [-0.3, -0.25) is 14.4 Å². The molecular weight excluding hydrogens is 532 g/mol. The number of epoxide rings is 1. The smallest absolute Gasteiger partial charge is 0.303 e. The van der Waals surface area contributed by atoms with Crippen LogP contribution in [0.15, 0.2) is 40.9 Å². The van der Waals surface area contributed by atoms with Crippen molar-refractivity contribution in [3.05, 3.63) is 36.0 Å². The molecule has 0 bridgehead atoms. The quantitative estimate of drug-likeness (QED) is 0.0734. The maximum Gasteiger partial charge on any atom is 0.303 e. The Morgan fingerprint density at radius 1 is 1.20 bits per heavy atom. The monoisotopic (exact) mass is 576 g/mol. The molecule has 0 aliphatic carbocycles. The molecule has 0 aromatic rings. The number of carbonyl (C=O) groups is 3. The van der Waals surface area contributed by atoms with Crippen LogP contribution in [-0.2, 0) is 33.3 Å². The summed E-state index contributed by atoms with van der Waals surface area (Å²) in [7, 11) is 0.